The summed E-state index contributed by atoms with van der Waals surface area (Å²) in [5, 5.41) is 2.97. The molecule has 0 heterocycles. The number of hydrogen-bond acceptors (Lipinski definition) is 5. The molecule has 1 aliphatic carbocycles. The lowest BCUT2D eigenvalue weighted by molar-refractivity contribution is -0.122. The van der Waals surface area contributed by atoms with E-state index in [0.29, 0.717) is 6.54 Å². The van der Waals surface area contributed by atoms with Gasteiger partial charge in [-0.05, 0) is 37.0 Å². The maximum absolute atomic E-state index is 12.3. The number of hydrogen-bond donors (Lipinski definition) is 2. The van der Waals surface area contributed by atoms with Gasteiger partial charge in [0, 0.05) is 18.2 Å². The second kappa shape index (κ2) is 10.3. The Bertz CT molecular complexity index is 701. The first kappa shape index (κ1) is 23.7. The fourth-order valence-corrected chi connectivity index (χ4v) is 4.28. The summed E-state index contributed by atoms with van der Waals surface area (Å²) in [5.74, 6) is 0.448. The van der Waals surface area contributed by atoms with Gasteiger partial charge in [-0.3, -0.25) is 4.79 Å². The number of halogens is 1. The SMILES string of the molecule is COc1ccc(C2(CNC(=O)C(N)CCS(C)(=O)=O)CCCCC2)cc1.Cl. The van der Waals surface area contributed by atoms with Crippen molar-refractivity contribution in [3.63, 3.8) is 0 Å². The molecule has 3 N–H and O–H groups in total. The average molecular weight is 419 g/mol. The van der Waals surface area contributed by atoms with Crippen molar-refractivity contribution >= 4 is 28.2 Å². The number of methoxy groups -OCH3 is 1. The summed E-state index contributed by atoms with van der Waals surface area (Å²) >= 11 is 0. The Hall–Kier alpha value is -1.31. The van der Waals surface area contributed by atoms with Crippen LogP contribution in [0.15, 0.2) is 24.3 Å². The maximum atomic E-state index is 12.3. The summed E-state index contributed by atoms with van der Waals surface area (Å²) in [5.41, 5.74) is 6.96. The summed E-state index contributed by atoms with van der Waals surface area (Å²) in [7, 11) is -1.48. The van der Waals surface area contributed by atoms with Crippen LogP contribution in [-0.4, -0.2) is 46.0 Å². The van der Waals surface area contributed by atoms with E-state index in [1.54, 1.807) is 7.11 Å². The number of carbonyl (C=O) groups excluding carboxylic acids is 1. The van der Waals surface area contributed by atoms with Crippen molar-refractivity contribution in [3.8, 4) is 5.75 Å². The number of benzene rings is 1. The van der Waals surface area contributed by atoms with E-state index >= 15 is 0 Å². The second-order valence-electron chi connectivity index (χ2n) is 7.31. The average Bonchev–Trinajstić information content (AvgIpc) is 2.64. The number of nitrogens with two attached hydrogens (primary N) is 1. The first-order valence-corrected chi connectivity index (χ1v) is 11.2. The van der Waals surface area contributed by atoms with E-state index in [1.807, 2.05) is 12.1 Å². The van der Waals surface area contributed by atoms with Crippen LogP contribution in [0.25, 0.3) is 0 Å². The minimum atomic E-state index is -3.12. The molecule has 1 amide bonds. The van der Waals surface area contributed by atoms with Crippen molar-refractivity contribution in [2.75, 3.05) is 25.7 Å². The van der Waals surface area contributed by atoms with Gasteiger partial charge in [0.05, 0.1) is 18.9 Å². The van der Waals surface area contributed by atoms with Gasteiger partial charge in [0.2, 0.25) is 5.91 Å². The van der Waals surface area contributed by atoms with Crippen LogP contribution in [0.4, 0.5) is 0 Å². The Morgan fingerprint density at radius 2 is 1.81 bits per heavy atom. The molecule has 0 aliphatic heterocycles. The van der Waals surface area contributed by atoms with Crippen LogP contribution in [0.3, 0.4) is 0 Å². The predicted octanol–water partition coefficient (Wildman–Crippen LogP) is 2.20. The number of sulfone groups is 1. The van der Waals surface area contributed by atoms with Crippen LogP contribution in [-0.2, 0) is 20.0 Å². The lowest BCUT2D eigenvalue weighted by Crippen LogP contribution is -2.48. The number of ether oxygens (including phenoxy) is 1. The van der Waals surface area contributed by atoms with Crippen molar-refractivity contribution in [1.29, 1.82) is 0 Å². The van der Waals surface area contributed by atoms with Gasteiger partial charge < -0.3 is 15.8 Å². The molecular formula is C19H31ClN2O4S. The minimum absolute atomic E-state index is 0. The highest BCUT2D eigenvalue weighted by molar-refractivity contribution is 7.90. The standard InChI is InChI=1S/C19H30N2O4S.ClH/c1-25-16-8-6-15(7-9-16)19(11-4-3-5-12-19)14-21-18(22)17(20)10-13-26(2,23)24;/h6-9,17H,3-5,10-14,20H2,1-2H3,(H,21,22);1H. The minimum Gasteiger partial charge on any atom is -0.497 e. The Kier molecular flexibility index (Phi) is 9.05. The molecule has 0 radical (unpaired) electrons. The molecule has 6 nitrogen and oxygen atoms in total. The highest BCUT2D eigenvalue weighted by Gasteiger charge is 2.34. The Balaban J connectivity index is 0.00000364. The van der Waals surface area contributed by atoms with Gasteiger partial charge in [-0.1, -0.05) is 31.4 Å². The lowest BCUT2D eigenvalue weighted by atomic mass is 9.69. The van der Waals surface area contributed by atoms with Gasteiger partial charge in [0.25, 0.3) is 0 Å². The molecule has 1 fully saturated rings. The third-order valence-electron chi connectivity index (χ3n) is 5.25. The third-order valence-corrected chi connectivity index (χ3v) is 6.23. The highest BCUT2D eigenvalue weighted by atomic mass is 35.5. The molecule has 1 saturated carbocycles. The molecule has 0 aromatic heterocycles. The zero-order valence-electron chi connectivity index (χ0n) is 16.1. The molecule has 0 saturated heterocycles. The van der Waals surface area contributed by atoms with Crippen LogP contribution in [0.5, 0.6) is 5.75 Å². The molecule has 1 aliphatic rings. The van der Waals surface area contributed by atoms with Crippen LogP contribution in [0.1, 0.15) is 44.1 Å². The molecule has 0 bridgehead atoms. The quantitative estimate of drug-likeness (QED) is 0.674. The zero-order chi connectivity index (χ0) is 19.2. The van der Waals surface area contributed by atoms with E-state index < -0.39 is 15.9 Å². The van der Waals surface area contributed by atoms with Crippen molar-refractivity contribution in [2.24, 2.45) is 5.73 Å². The highest BCUT2D eigenvalue weighted by Crippen LogP contribution is 2.39. The lowest BCUT2D eigenvalue weighted by Gasteiger charge is -2.38. The number of amides is 1. The summed E-state index contributed by atoms with van der Waals surface area (Å²) in [6.07, 6.45) is 6.78. The number of nitrogens with one attached hydrogen (secondary N) is 1. The topological polar surface area (TPSA) is 98.5 Å². The van der Waals surface area contributed by atoms with E-state index in [1.165, 1.54) is 12.0 Å². The molecule has 1 atom stereocenters. The van der Waals surface area contributed by atoms with E-state index in [2.05, 4.69) is 17.4 Å². The van der Waals surface area contributed by atoms with E-state index in [-0.39, 0.29) is 35.9 Å². The van der Waals surface area contributed by atoms with E-state index in [4.69, 9.17) is 10.5 Å². The monoisotopic (exact) mass is 418 g/mol. The zero-order valence-corrected chi connectivity index (χ0v) is 17.7. The van der Waals surface area contributed by atoms with Gasteiger partial charge in [0.15, 0.2) is 0 Å². The summed E-state index contributed by atoms with van der Waals surface area (Å²) in [6, 6.07) is 7.23. The second-order valence-corrected chi connectivity index (χ2v) is 9.57. The molecule has 27 heavy (non-hydrogen) atoms. The van der Waals surface area contributed by atoms with Gasteiger partial charge >= 0.3 is 0 Å². The fourth-order valence-electron chi connectivity index (χ4n) is 3.60. The molecular weight excluding hydrogens is 388 g/mol. The predicted molar refractivity (Wildman–Crippen MR) is 110 cm³/mol. The first-order valence-electron chi connectivity index (χ1n) is 9.11. The third kappa shape index (κ3) is 6.97. The first-order chi connectivity index (χ1) is 12.3. The molecule has 1 aromatic rings. The Morgan fingerprint density at radius 3 is 2.33 bits per heavy atom. The molecule has 154 valence electrons. The van der Waals surface area contributed by atoms with Gasteiger partial charge in [-0.2, -0.15) is 0 Å². The van der Waals surface area contributed by atoms with Gasteiger partial charge in [-0.15, -0.1) is 12.4 Å². The van der Waals surface area contributed by atoms with Crippen molar-refractivity contribution in [2.45, 2.75) is 50.0 Å². The number of carbonyl (C=O) groups is 1. The van der Waals surface area contributed by atoms with E-state index in [0.717, 1.165) is 37.7 Å². The Labute approximate surface area is 168 Å². The fraction of sp³-hybridized carbons (Fsp3) is 0.632. The number of rotatable bonds is 8. The normalized spacial score (nSPS) is 17.4. The molecule has 2 rings (SSSR count). The molecule has 1 aromatic carbocycles. The van der Waals surface area contributed by atoms with Gasteiger partial charge in [-0.25, -0.2) is 8.42 Å². The molecule has 0 spiro atoms. The summed E-state index contributed by atoms with van der Waals surface area (Å²) in [4.78, 5) is 12.3. The van der Waals surface area contributed by atoms with E-state index in [9.17, 15) is 13.2 Å². The summed E-state index contributed by atoms with van der Waals surface area (Å²) < 4.78 is 27.7. The van der Waals surface area contributed by atoms with Crippen LogP contribution in [0, 0.1) is 0 Å². The van der Waals surface area contributed by atoms with Crippen LogP contribution in [0.2, 0.25) is 0 Å². The molecule has 8 heteroatoms. The largest absolute Gasteiger partial charge is 0.497 e. The Morgan fingerprint density at radius 1 is 1.22 bits per heavy atom. The maximum Gasteiger partial charge on any atom is 0.236 e. The van der Waals surface area contributed by atoms with Crippen molar-refractivity contribution < 1.29 is 17.9 Å². The molecule has 1 unspecified atom stereocenters. The van der Waals surface area contributed by atoms with Crippen molar-refractivity contribution in [3.05, 3.63) is 29.8 Å². The van der Waals surface area contributed by atoms with Crippen molar-refractivity contribution in [1.82, 2.24) is 5.32 Å². The van der Waals surface area contributed by atoms with Crippen LogP contribution >= 0.6 is 12.4 Å². The van der Waals surface area contributed by atoms with Gasteiger partial charge in [0.1, 0.15) is 15.6 Å². The summed E-state index contributed by atoms with van der Waals surface area (Å²) in [6.45, 7) is 0.519. The smallest absolute Gasteiger partial charge is 0.236 e. The van der Waals surface area contributed by atoms with Crippen LogP contribution < -0.4 is 15.8 Å².